The minimum absolute atomic E-state index is 0.140. The van der Waals surface area contributed by atoms with E-state index in [9.17, 15) is 4.79 Å². The number of carbonyl (C=O) groups is 1. The second kappa shape index (κ2) is 6.17. The molecule has 1 amide bonds. The molecule has 0 fully saturated rings. The quantitative estimate of drug-likeness (QED) is 0.874. The van der Waals surface area contributed by atoms with Gasteiger partial charge >= 0.3 is 0 Å². The van der Waals surface area contributed by atoms with E-state index in [0.717, 1.165) is 17.8 Å². The Kier molecular flexibility index (Phi) is 5.09. The van der Waals surface area contributed by atoms with Crippen molar-refractivity contribution in [2.75, 3.05) is 19.4 Å². The van der Waals surface area contributed by atoms with Gasteiger partial charge in [-0.1, -0.05) is 39.0 Å². The van der Waals surface area contributed by atoms with Crippen molar-refractivity contribution in [3.8, 4) is 0 Å². The number of carbonyl (C=O) groups excluding carboxylic acids is 1. The normalized spacial score (nSPS) is 13.4. The minimum atomic E-state index is -0.528. The zero-order chi connectivity index (χ0) is 14.6. The molecule has 0 saturated heterocycles. The third kappa shape index (κ3) is 4.65. The molecule has 0 aliphatic carbocycles. The maximum absolute atomic E-state index is 12.1. The van der Waals surface area contributed by atoms with E-state index in [1.807, 2.05) is 59.1 Å². The summed E-state index contributed by atoms with van der Waals surface area (Å²) in [7, 11) is 4.00. The van der Waals surface area contributed by atoms with Crippen LogP contribution in [0, 0.1) is 5.41 Å². The van der Waals surface area contributed by atoms with Gasteiger partial charge in [0.1, 0.15) is 0 Å². The van der Waals surface area contributed by atoms with Crippen LogP contribution in [0.4, 0.5) is 5.69 Å². The predicted molar refractivity (Wildman–Crippen MR) is 79.9 cm³/mol. The summed E-state index contributed by atoms with van der Waals surface area (Å²) in [6, 6.07) is 7.28. The van der Waals surface area contributed by atoms with Crippen molar-refractivity contribution in [2.24, 2.45) is 11.1 Å². The molecule has 4 nitrogen and oxygen atoms in total. The molecular weight excluding hydrogens is 238 g/mol. The number of hydrogen-bond acceptors (Lipinski definition) is 3. The van der Waals surface area contributed by atoms with Crippen molar-refractivity contribution in [1.82, 2.24) is 4.90 Å². The summed E-state index contributed by atoms with van der Waals surface area (Å²) in [5, 5.41) is 2.93. The van der Waals surface area contributed by atoms with E-state index in [-0.39, 0.29) is 11.3 Å². The molecule has 1 aromatic rings. The standard InChI is InChI=1S/C15H25N3O/c1-15(2,3)13(16)14(19)17-12-9-7-6-8-11(12)10-18(4)5/h6-9,13H,10,16H2,1-5H3,(H,17,19). The molecule has 0 aliphatic rings. The van der Waals surface area contributed by atoms with Gasteiger partial charge in [0.2, 0.25) is 5.91 Å². The molecule has 1 unspecified atom stereocenters. The minimum Gasteiger partial charge on any atom is -0.324 e. The lowest BCUT2D eigenvalue weighted by molar-refractivity contribution is -0.119. The Morgan fingerprint density at radius 2 is 1.89 bits per heavy atom. The van der Waals surface area contributed by atoms with Crippen LogP contribution in [0.15, 0.2) is 24.3 Å². The van der Waals surface area contributed by atoms with Crippen LogP contribution in [0.25, 0.3) is 0 Å². The van der Waals surface area contributed by atoms with Crippen LogP contribution < -0.4 is 11.1 Å². The van der Waals surface area contributed by atoms with E-state index < -0.39 is 6.04 Å². The van der Waals surface area contributed by atoms with Gasteiger partial charge in [0.15, 0.2) is 0 Å². The lowest BCUT2D eigenvalue weighted by Gasteiger charge is -2.26. The van der Waals surface area contributed by atoms with Crippen molar-refractivity contribution in [3.05, 3.63) is 29.8 Å². The molecule has 106 valence electrons. The van der Waals surface area contributed by atoms with Gasteiger partial charge in [-0.15, -0.1) is 0 Å². The van der Waals surface area contributed by atoms with Crippen LogP contribution in [0.1, 0.15) is 26.3 Å². The summed E-state index contributed by atoms with van der Waals surface area (Å²) in [4.78, 5) is 14.2. The lowest BCUT2D eigenvalue weighted by atomic mass is 9.87. The van der Waals surface area contributed by atoms with Gasteiger partial charge in [0.25, 0.3) is 0 Å². The van der Waals surface area contributed by atoms with E-state index >= 15 is 0 Å². The van der Waals surface area contributed by atoms with E-state index in [0.29, 0.717) is 0 Å². The number of anilines is 1. The molecule has 4 heteroatoms. The Morgan fingerprint density at radius 3 is 2.42 bits per heavy atom. The summed E-state index contributed by atoms with van der Waals surface area (Å²) in [5.41, 5.74) is 7.64. The van der Waals surface area contributed by atoms with E-state index in [1.165, 1.54) is 0 Å². The average molecular weight is 263 g/mol. The maximum Gasteiger partial charge on any atom is 0.241 e. The number of nitrogens with zero attached hydrogens (tertiary/aromatic N) is 1. The maximum atomic E-state index is 12.1. The zero-order valence-electron chi connectivity index (χ0n) is 12.5. The van der Waals surface area contributed by atoms with Gasteiger partial charge in [-0.05, 0) is 31.1 Å². The van der Waals surface area contributed by atoms with Crippen LogP contribution in [-0.2, 0) is 11.3 Å². The molecule has 0 spiro atoms. The third-order valence-corrected chi connectivity index (χ3v) is 2.98. The molecule has 1 atom stereocenters. The molecule has 0 aliphatic heterocycles. The van der Waals surface area contributed by atoms with Crippen molar-refractivity contribution in [2.45, 2.75) is 33.4 Å². The topological polar surface area (TPSA) is 58.4 Å². The fourth-order valence-electron chi connectivity index (χ4n) is 1.72. The SMILES string of the molecule is CN(C)Cc1ccccc1NC(=O)C(N)C(C)(C)C. The van der Waals surface area contributed by atoms with Crippen molar-refractivity contribution in [3.63, 3.8) is 0 Å². The zero-order valence-corrected chi connectivity index (χ0v) is 12.5. The highest BCUT2D eigenvalue weighted by Crippen LogP contribution is 2.21. The first-order valence-electron chi connectivity index (χ1n) is 6.51. The Bertz CT molecular complexity index is 435. The number of nitrogens with two attached hydrogens (primary N) is 1. The number of para-hydroxylation sites is 1. The third-order valence-electron chi connectivity index (χ3n) is 2.98. The van der Waals surface area contributed by atoms with Crippen molar-refractivity contribution < 1.29 is 4.79 Å². The first kappa shape index (κ1) is 15.7. The monoisotopic (exact) mass is 263 g/mol. The summed E-state index contributed by atoms with van der Waals surface area (Å²) in [6.45, 7) is 6.66. The highest BCUT2D eigenvalue weighted by molar-refractivity contribution is 5.95. The molecular formula is C15H25N3O. The van der Waals surface area contributed by atoms with Gasteiger partial charge in [0, 0.05) is 12.2 Å². The molecule has 0 bridgehead atoms. The van der Waals surface area contributed by atoms with Crippen LogP contribution in [0.3, 0.4) is 0 Å². The number of hydrogen-bond donors (Lipinski definition) is 2. The molecule has 3 N–H and O–H groups in total. The first-order valence-corrected chi connectivity index (χ1v) is 6.51. The molecule has 1 rings (SSSR count). The second-order valence-corrected chi connectivity index (χ2v) is 6.23. The van der Waals surface area contributed by atoms with Gasteiger partial charge in [-0.3, -0.25) is 4.79 Å². The number of amides is 1. The van der Waals surface area contributed by atoms with Crippen LogP contribution >= 0.6 is 0 Å². The van der Waals surface area contributed by atoms with E-state index in [2.05, 4.69) is 10.2 Å². The van der Waals surface area contributed by atoms with E-state index in [4.69, 9.17) is 5.73 Å². The Balaban J connectivity index is 2.85. The highest BCUT2D eigenvalue weighted by Gasteiger charge is 2.27. The fraction of sp³-hybridized carbons (Fsp3) is 0.533. The summed E-state index contributed by atoms with van der Waals surface area (Å²) >= 11 is 0. The molecule has 19 heavy (non-hydrogen) atoms. The molecule has 1 aromatic carbocycles. The summed E-state index contributed by atoms with van der Waals surface area (Å²) in [5.74, 6) is -0.140. The van der Waals surface area contributed by atoms with Gasteiger partial charge in [-0.25, -0.2) is 0 Å². The number of rotatable bonds is 4. The summed E-state index contributed by atoms with van der Waals surface area (Å²) in [6.07, 6.45) is 0. The molecule has 0 saturated carbocycles. The highest BCUT2D eigenvalue weighted by atomic mass is 16.2. The van der Waals surface area contributed by atoms with Crippen LogP contribution in [0.2, 0.25) is 0 Å². The Morgan fingerprint density at radius 1 is 1.32 bits per heavy atom. The van der Waals surface area contributed by atoms with Gasteiger partial charge in [-0.2, -0.15) is 0 Å². The van der Waals surface area contributed by atoms with Crippen molar-refractivity contribution in [1.29, 1.82) is 0 Å². The fourth-order valence-corrected chi connectivity index (χ4v) is 1.72. The Labute approximate surface area is 116 Å². The smallest absolute Gasteiger partial charge is 0.241 e. The van der Waals surface area contributed by atoms with Gasteiger partial charge < -0.3 is 16.0 Å². The predicted octanol–water partition coefficient (Wildman–Crippen LogP) is 2.06. The molecule has 0 aromatic heterocycles. The molecule has 0 heterocycles. The number of nitrogens with one attached hydrogen (secondary N) is 1. The molecule has 0 radical (unpaired) electrons. The largest absolute Gasteiger partial charge is 0.324 e. The average Bonchev–Trinajstić information content (AvgIpc) is 2.28. The Hall–Kier alpha value is -1.39. The van der Waals surface area contributed by atoms with Crippen LogP contribution in [0.5, 0.6) is 0 Å². The lowest BCUT2D eigenvalue weighted by Crippen LogP contribution is -2.45. The first-order chi connectivity index (χ1) is 8.71. The second-order valence-electron chi connectivity index (χ2n) is 6.23. The van der Waals surface area contributed by atoms with Crippen molar-refractivity contribution >= 4 is 11.6 Å². The number of benzene rings is 1. The van der Waals surface area contributed by atoms with Gasteiger partial charge in [0.05, 0.1) is 6.04 Å². The van der Waals surface area contributed by atoms with E-state index in [1.54, 1.807) is 0 Å². The summed E-state index contributed by atoms with van der Waals surface area (Å²) < 4.78 is 0. The van der Waals surface area contributed by atoms with Crippen LogP contribution in [-0.4, -0.2) is 30.9 Å².